The van der Waals surface area contributed by atoms with Crippen molar-refractivity contribution in [2.24, 2.45) is 0 Å². The molecule has 1 atom stereocenters. The topological polar surface area (TPSA) is 43.4 Å². The molecule has 1 aromatic carbocycles. The number of hydrogen-bond donors (Lipinski definition) is 1. The summed E-state index contributed by atoms with van der Waals surface area (Å²) in [6, 6.07) is 12.3. The van der Waals surface area contributed by atoms with E-state index >= 15 is 0 Å². The molecule has 112 valence electrons. The van der Waals surface area contributed by atoms with Crippen LogP contribution >= 0.6 is 0 Å². The predicted octanol–water partition coefficient (Wildman–Crippen LogP) is 3.34. The van der Waals surface area contributed by atoms with Crippen LogP contribution in [-0.2, 0) is 6.54 Å². The SMILES string of the molecule is CCOc1ncccc1CN[C@H](C)c1ccc(OC)cc1. The average molecular weight is 286 g/mol. The van der Waals surface area contributed by atoms with Crippen molar-refractivity contribution >= 4 is 0 Å². The number of benzene rings is 1. The Bertz CT molecular complexity index is 555. The Kier molecular flexibility index (Phi) is 5.58. The molecule has 0 saturated carbocycles. The van der Waals surface area contributed by atoms with Gasteiger partial charge in [0.05, 0.1) is 13.7 Å². The summed E-state index contributed by atoms with van der Waals surface area (Å²) in [5.74, 6) is 1.58. The fourth-order valence-electron chi connectivity index (χ4n) is 2.10. The Hall–Kier alpha value is -2.07. The Morgan fingerprint density at radius 1 is 1.19 bits per heavy atom. The summed E-state index contributed by atoms with van der Waals surface area (Å²) >= 11 is 0. The maximum Gasteiger partial charge on any atom is 0.217 e. The van der Waals surface area contributed by atoms with Crippen LogP contribution in [0.2, 0.25) is 0 Å². The van der Waals surface area contributed by atoms with Crippen molar-refractivity contribution in [2.45, 2.75) is 26.4 Å². The molecule has 0 unspecified atom stereocenters. The van der Waals surface area contributed by atoms with Gasteiger partial charge in [-0.15, -0.1) is 0 Å². The summed E-state index contributed by atoms with van der Waals surface area (Å²) in [6.45, 7) is 5.44. The normalized spacial score (nSPS) is 12.0. The molecule has 1 aromatic heterocycles. The molecule has 2 aromatic rings. The maximum absolute atomic E-state index is 5.54. The molecule has 0 saturated heterocycles. The molecule has 21 heavy (non-hydrogen) atoms. The molecule has 1 N–H and O–H groups in total. The molecule has 2 rings (SSSR count). The van der Waals surface area contributed by atoms with Crippen LogP contribution in [0.5, 0.6) is 11.6 Å². The summed E-state index contributed by atoms with van der Waals surface area (Å²) in [6.07, 6.45) is 1.75. The van der Waals surface area contributed by atoms with Gasteiger partial charge in [-0.2, -0.15) is 0 Å². The average Bonchev–Trinajstić information content (AvgIpc) is 2.54. The van der Waals surface area contributed by atoms with E-state index in [9.17, 15) is 0 Å². The molecular formula is C17H22N2O2. The Balaban J connectivity index is 1.98. The fourth-order valence-corrected chi connectivity index (χ4v) is 2.10. The number of ether oxygens (including phenoxy) is 2. The zero-order chi connectivity index (χ0) is 15.1. The summed E-state index contributed by atoms with van der Waals surface area (Å²) in [7, 11) is 1.67. The lowest BCUT2D eigenvalue weighted by atomic mass is 10.1. The summed E-state index contributed by atoms with van der Waals surface area (Å²) in [5, 5.41) is 3.49. The molecule has 0 amide bonds. The quantitative estimate of drug-likeness (QED) is 0.847. The predicted molar refractivity (Wildman–Crippen MR) is 83.7 cm³/mol. The van der Waals surface area contributed by atoms with E-state index < -0.39 is 0 Å². The van der Waals surface area contributed by atoms with Crippen LogP contribution in [0.25, 0.3) is 0 Å². The van der Waals surface area contributed by atoms with Crippen molar-refractivity contribution in [3.05, 3.63) is 53.7 Å². The number of aromatic nitrogens is 1. The number of methoxy groups -OCH3 is 1. The standard InChI is InChI=1S/C17H22N2O2/c1-4-21-17-15(6-5-11-18-17)12-19-13(2)14-7-9-16(20-3)10-8-14/h5-11,13,19H,4,12H2,1-3H3/t13-/m1/s1. The molecule has 0 fully saturated rings. The molecular weight excluding hydrogens is 264 g/mol. The zero-order valence-electron chi connectivity index (χ0n) is 12.8. The van der Waals surface area contributed by atoms with Gasteiger partial charge in [-0.25, -0.2) is 4.98 Å². The van der Waals surface area contributed by atoms with Gasteiger partial charge in [-0.3, -0.25) is 0 Å². The highest BCUT2D eigenvalue weighted by Crippen LogP contribution is 2.19. The van der Waals surface area contributed by atoms with Crippen LogP contribution in [0.1, 0.15) is 31.0 Å². The van der Waals surface area contributed by atoms with Crippen molar-refractivity contribution in [3.8, 4) is 11.6 Å². The second-order valence-electron chi connectivity index (χ2n) is 4.78. The van der Waals surface area contributed by atoms with Crippen LogP contribution in [0, 0.1) is 0 Å². The third kappa shape index (κ3) is 4.20. The molecule has 0 spiro atoms. The molecule has 1 heterocycles. The third-order valence-corrected chi connectivity index (χ3v) is 3.35. The lowest BCUT2D eigenvalue weighted by Gasteiger charge is -2.16. The van der Waals surface area contributed by atoms with E-state index in [2.05, 4.69) is 29.4 Å². The van der Waals surface area contributed by atoms with Crippen LogP contribution in [0.3, 0.4) is 0 Å². The second kappa shape index (κ2) is 7.64. The number of nitrogens with one attached hydrogen (secondary N) is 1. The number of pyridine rings is 1. The first kappa shape index (κ1) is 15.3. The minimum atomic E-state index is 0.241. The largest absolute Gasteiger partial charge is 0.497 e. The van der Waals surface area contributed by atoms with E-state index in [1.54, 1.807) is 13.3 Å². The van der Waals surface area contributed by atoms with Crippen molar-refractivity contribution in [1.29, 1.82) is 0 Å². The maximum atomic E-state index is 5.54. The van der Waals surface area contributed by atoms with Gasteiger partial charge >= 0.3 is 0 Å². The van der Waals surface area contributed by atoms with E-state index in [0.29, 0.717) is 12.5 Å². The van der Waals surface area contributed by atoms with Crippen molar-refractivity contribution < 1.29 is 9.47 Å². The van der Waals surface area contributed by atoms with Crippen LogP contribution in [0.4, 0.5) is 0 Å². The van der Waals surface area contributed by atoms with Crippen molar-refractivity contribution in [2.75, 3.05) is 13.7 Å². The molecule has 0 aliphatic carbocycles. The number of nitrogens with zero attached hydrogens (tertiary/aromatic N) is 1. The van der Waals surface area contributed by atoms with Crippen molar-refractivity contribution in [1.82, 2.24) is 10.3 Å². The first-order valence-electron chi connectivity index (χ1n) is 7.18. The van der Waals surface area contributed by atoms with E-state index in [-0.39, 0.29) is 6.04 Å². The van der Waals surface area contributed by atoms with Crippen LogP contribution in [0.15, 0.2) is 42.6 Å². The number of rotatable bonds is 7. The fraction of sp³-hybridized carbons (Fsp3) is 0.353. The first-order chi connectivity index (χ1) is 10.2. The summed E-state index contributed by atoms with van der Waals surface area (Å²) in [4.78, 5) is 4.26. The zero-order valence-corrected chi connectivity index (χ0v) is 12.8. The van der Waals surface area contributed by atoms with Gasteiger partial charge in [-0.05, 0) is 37.6 Å². The van der Waals surface area contributed by atoms with Gasteiger partial charge in [0.1, 0.15) is 5.75 Å². The smallest absolute Gasteiger partial charge is 0.217 e. The van der Waals surface area contributed by atoms with Gasteiger partial charge in [0.15, 0.2) is 0 Å². The van der Waals surface area contributed by atoms with E-state index in [1.807, 2.05) is 31.2 Å². The summed E-state index contributed by atoms with van der Waals surface area (Å²) in [5.41, 5.74) is 2.29. The first-order valence-corrected chi connectivity index (χ1v) is 7.18. The molecule has 4 heteroatoms. The minimum absolute atomic E-state index is 0.241. The van der Waals surface area contributed by atoms with Gasteiger partial charge in [-0.1, -0.05) is 18.2 Å². The second-order valence-corrected chi connectivity index (χ2v) is 4.78. The molecule has 0 bridgehead atoms. The Labute approximate surface area is 126 Å². The molecule has 4 nitrogen and oxygen atoms in total. The van der Waals surface area contributed by atoms with E-state index in [0.717, 1.165) is 17.9 Å². The lowest BCUT2D eigenvalue weighted by Crippen LogP contribution is -2.18. The summed E-state index contributed by atoms with van der Waals surface area (Å²) < 4.78 is 10.7. The molecule has 0 aliphatic heterocycles. The minimum Gasteiger partial charge on any atom is -0.497 e. The van der Waals surface area contributed by atoms with E-state index in [1.165, 1.54) is 5.56 Å². The Morgan fingerprint density at radius 3 is 2.62 bits per heavy atom. The van der Waals surface area contributed by atoms with Gasteiger partial charge < -0.3 is 14.8 Å². The van der Waals surface area contributed by atoms with E-state index in [4.69, 9.17) is 9.47 Å². The van der Waals surface area contributed by atoms with Crippen LogP contribution < -0.4 is 14.8 Å². The number of hydrogen-bond acceptors (Lipinski definition) is 4. The van der Waals surface area contributed by atoms with Gasteiger partial charge in [0, 0.05) is 24.3 Å². The lowest BCUT2D eigenvalue weighted by molar-refractivity contribution is 0.321. The monoisotopic (exact) mass is 286 g/mol. The van der Waals surface area contributed by atoms with Crippen molar-refractivity contribution in [3.63, 3.8) is 0 Å². The van der Waals surface area contributed by atoms with Crippen LogP contribution in [-0.4, -0.2) is 18.7 Å². The van der Waals surface area contributed by atoms with Gasteiger partial charge in [0.25, 0.3) is 0 Å². The van der Waals surface area contributed by atoms with Gasteiger partial charge in [0.2, 0.25) is 5.88 Å². The highest BCUT2D eigenvalue weighted by molar-refractivity contribution is 5.29. The highest BCUT2D eigenvalue weighted by atomic mass is 16.5. The molecule has 0 aliphatic rings. The Morgan fingerprint density at radius 2 is 1.95 bits per heavy atom. The third-order valence-electron chi connectivity index (χ3n) is 3.35. The molecule has 0 radical (unpaired) electrons. The highest BCUT2D eigenvalue weighted by Gasteiger charge is 2.08.